The Labute approximate surface area is 118 Å². The summed E-state index contributed by atoms with van der Waals surface area (Å²) in [6, 6.07) is 10.5. The van der Waals surface area contributed by atoms with Gasteiger partial charge in [-0.2, -0.15) is 0 Å². The number of fused-ring (bicyclic) bond motifs is 1. The van der Waals surface area contributed by atoms with Crippen LogP contribution in [0, 0.1) is 0 Å². The zero-order chi connectivity index (χ0) is 13.2. The maximum atomic E-state index is 12.0. The summed E-state index contributed by atoms with van der Waals surface area (Å²) in [5.41, 5.74) is 1.41. The average molecular weight is 290 g/mol. The quantitative estimate of drug-likeness (QED) is 0.784. The van der Waals surface area contributed by atoms with Gasteiger partial charge in [0.15, 0.2) is 5.01 Å². The van der Waals surface area contributed by atoms with Gasteiger partial charge in [0.1, 0.15) is 10.3 Å². The van der Waals surface area contributed by atoms with Gasteiger partial charge in [-0.15, -0.1) is 0 Å². The number of pyridine rings is 1. The molecule has 0 fully saturated rings. The molecule has 0 aliphatic carbocycles. The van der Waals surface area contributed by atoms with E-state index in [0.717, 1.165) is 10.3 Å². The summed E-state index contributed by atoms with van der Waals surface area (Å²) < 4.78 is 0. The van der Waals surface area contributed by atoms with Crippen molar-refractivity contribution in [2.24, 2.45) is 0 Å². The van der Waals surface area contributed by atoms with Crippen LogP contribution in [0.5, 0.6) is 0 Å². The number of hydrogen-bond donors (Lipinski definition) is 1. The van der Waals surface area contributed by atoms with Gasteiger partial charge in [0.2, 0.25) is 0 Å². The molecule has 4 nitrogen and oxygen atoms in total. The molecule has 1 amide bonds. The number of benzene rings is 1. The Hall–Kier alpha value is -1.98. The average Bonchev–Trinajstić information content (AvgIpc) is 2.85. The second-order valence-corrected chi connectivity index (χ2v) is 5.22. The number of carbonyl (C=O) groups excluding carboxylic acids is 1. The molecule has 2 heterocycles. The van der Waals surface area contributed by atoms with E-state index in [4.69, 9.17) is 11.6 Å². The molecular weight excluding hydrogens is 282 g/mol. The van der Waals surface area contributed by atoms with Gasteiger partial charge in [-0.3, -0.25) is 4.79 Å². The minimum Gasteiger partial charge on any atom is -0.320 e. The van der Waals surface area contributed by atoms with Gasteiger partial charge in [0.25, 0.3) is 5.91 Å². The van der Waals surface area contributed by atoms with Crippen LogP contribution in [0.3, 0.4) is 0 Å². The van der Waals surface area contributed by atoms with Gasteiger partial charge in [-0.05, 0) is 36.4 Å². The molecule has 94 valence electrons. The van der Waals surface area contributed by atoms with Crippen molar-refractivity contribution in [3.63, 3.8) is 0 Å². The summed E-state index contributed by atoms with van der Waals surface area (Å²) in [5.74, 6) is -0.245. The summed E-state index contributed by atoms with van der Waals surface area (Å²) in [5, 5.41) is 3.79. The van der Waals surface area contributed by atoms with Gasteiger partial charge >= 0.3 is 0 Å². The monoisotopic (exact) mass is 289 g/mol. The summed E-state index contributed by atoms with van der Waals surface area (Å²) in [6.45, 7) is 0. The van der Waals surface area contributed by atoms with E-state index < -0.39 is 0 Å². The lowest BCUT2D eigenvalue weighted by Gasteiger charge is -2.02. The maximum Gasteiger partial charge on any atom is 0.284 e. The number of aromatic nitrogens is 2. The first kappa shape index (κ1) is 12.1. The minimum absolute atomic E-state index is 0.245. The molecule has 0 atom stereocenters. The van der Waals surface area contributed by atoms with Gasteiger partial charge in [0.05, 0.1) is 0 Å². The van der Waals surface area contributed by atoms with Crippen LogP contribution in [-0.2, 0) is 0 Å². The van der Waals surface area contributed by atoms with Crippen molar-refractivity contribution in [3.8, 4) is 0 Å². The Balaban J connectivity index is 1.85. The topological polar surface area (TPSA) is 54.9 Å². The van der Waals surface area contributed by atoms with Crippen LogP contribution >= 0.6 is 22.9 Å². The van der Waals surface area contributed by atoms with Gasteiger partial charge in [0, 0.05) is 16.9 Å². The first-order valence-corrected chi connectivity index (χ1v) is 6.70. The lowest BCUT2D eigenvalue weighted by Crippen LogP contribution is -2.11. The predicted molar refractivity (Wildman–Crippen MR) is 76.8 cm³/mol. The Morgan fingerprint density at radius 1 is 1.21 bits per heavy atom. The first-order valence-electron chi connectivity index (χ1n) is 5.51. The fraction of sp³-hybridized carbons (Fsp3) is 0. The Morgan fingerprint density at radius 3 is 2.74 bits per heavy atom. The maximum absolute atomic E-state index is 12.0. The molecule has 0 saturated heterocycles. The number of hydrogen-bond acceptors (Lipinski definition) is 4. The second-order valence-electron chi connectivity index (χ2n) is 3.81. The summed E-state index contributed by atoms with van der Waals surface area (Å²) in [7, 11) is 0. The highest BCUT2D eigenvalue weighted by molar-refractivity contribution is 7.20. The fourth-order valence-corrected chi connectivity index (χ4v) is 2.51. The SMILES string of the molecule is O=C(Nc1ccc(Cl)cc1)c1nc2cccnc2s1. The van der Waals surface area contributed by atoms with Crippen LogP contribution in [0.4, 0.5) is 5.69 Å². The lowest BCUT2D eigenvalue weighted by atomic mass is 10.3. The Bertz CT molecular complexity index is 706. The molecule has 6 heteroatoms. The Morgan fingerprint density at radius 2 is 2.00 bits per heavy atom. The summed E-state index contributed by atoms with van der Waals surface area (Å²) >= 11 is 7.05. The van der Waals surface area contributed by atoms with Crippen LogP contribution in [-0.4, -0.2) is 15.9 Å². The highest BCUT2D eigenvalue weighted by atomic mass is 35.5. The zero-order valence-electron chi connectivity index (χ0n) is 9.63. The van der Waals surface area contributed by atoms with E-state index in [2.05, 4.69) is 15.3 Å². The number of halogens is 1. The van der Waals surface area contributed by atoms with Crippen molar-refractivity contribution < 1.29 is 4.79 Å². The van der Waals surface area contributed by atoms with E-state index in [1.807, 2.05) is 6.07 Å². The summed E-state index contributed by atoms with van der Waals surface area (Å²) in [6.07, 6.45) is 1.68. The molecule has 2 aromatic heterocycles. The molecule has 0 radical (unpaired) electrons. The highest BCUT2D eigenvalue weighted by Gasteiger charge is 2.12. The molecule has 0 unspecified atom stereocenters. The lowest BCUT2D eigenvalue weighted by molar-refractivity contribution is 0.102. The third kappa shape index (κ3) is 2.57. The molecule has 19 heavy (non-hydrogen) atoms. The fourth-order valence-electron chi connectivity index (χ4n) is 1.58. The molecule has 0 spiro atoms. The first-order chi connectivity index (χ1) is 9.22. The van der Waals surface area contributed by atoms with E-state index in [9.17, 15) is 4.79 Å². The van der Waals surface area contributed by atoms with Crippen LogP contribution in [0.1, 0.15) is 9.80 Å². The third-order valence-electron chi connectivity index (χ3n) is 2.46. The molecule has 0 bridgehead atoms. The molecule has 0 saturated carbocycles. The highest BCUT2D eigenvalue weighted by Crippen LogP contribution is 2.20. The van der Waals surface area contributed by atoms with Crippen molar-refractivity contribution in [1.82, 2.24) is 9.97 Å². The van der Waals surface area contributed by atoms with Crippen LogP contribution in [0.15, 0.2) is 42.6 Å². The molecule has 3 aromatic rings. The second kappa shape index (κ2) is 4.95. The standard InChI is InChI=1S/C13H8ClN3OS/c14-8-3-5-9(6-4-8)16-11(18)13-17-10-2-1-7-15-12(10)19-13/h1-7H,(H,16,18). The van der Waals surface area contributed by atoms with E-state index in [1.165, 1.54) is 11.3 Å². The van der Waals surface area contributed by atoms with Crippen molar-refractivity contribution >= 4 is 44.9 Å². The normalized spacial score (nSPS) is 10.6. The van der Waals surface area contributed by atoms with Gasteiger partial charge < -0.3 is 5.32 Å². The molecule has 3 rings (SSSR count). The summed E-state index contributed by atoms with van der Waals surface area (Å²) in [4.78, 5) is 21.2. The molecule has 0 aliphatic heterocycles. The van der Waals surface area contributed by atoms with E-state index >= 15 is 0 Å². The van der Waals surface area contributed by atoms with E-state index in [0.29, 0.717) is 15.7 Å². The Kier molecular flexibility index (Phi) is 3.15. The van der Waals surface area contributed by atoms with Crippen molar-refractivity contribution in [2.45, 2.75) is 0 Å². The number of amides is 1. The minimum atomic E-state index is -0.245. The third-order valence-corrected chi connectivity index (χ3v) is 3.69. The number of nitrogens with zero attached hydrogens (tertiary/aromatic N) is 2. The molecule has 1 N–H and O–H groups in total. The number of thiazole rings is 1. The molecule has 1 aromatic carbocycles. The number of anilines is 1. The molecule has 0 aliphatic rings. The van der Waals surface area contributed by atoms with E-state index in [1.54, 1.807) is 36.5 Å². The van der Waals surface area contributed by atoms with Gasteiger partial charge in [-0.1, -0.05) is 22.9 Å². The van der Waals surface area contributed by atoms with Crippen molar-refractivity contribution in [2.75, 3.05) is 5.32 Å². The largest absolute Gasteiger partial charge is 0.320 e. The number of rotatable bonds is 2. The molecular formula is C13H8ClN3OS. The smallest absolute Gasteiger partial charge is 0.284 e. The van der Waals surface area contributed by atoms with Crippen LogP contribution < -0.4 is 5.32 Å². The zero-order valence-corrected chi connectivity index (χ0v) is 11.2. The van der Waals surface area contributed by atoms with Crippen LogP contribution in [0.2, 0.25) is 5.02 Å². The van der Waals surface area contributed by atoms with Crippen LogP contribution in [0.25, 0.3) is 10.3 Å². The van der Waals surface area contributed by atoms with Crippen molar-refractivity contribution in [3.05, 3.63) is 52.6 Å². The predicted octanol–water partition coefficient (Wildman–Crippen LogP) is 3.60. The van der Waals surface area contributed by atoms with Gasteiger partial charge in [-0.25, -0.2) is 9.97 Å². The van der Waals surface area contributed by atoms with Crippen molar-refractivity contribution in [1.29, 1.82) is 0 Å². The van der Waals surface area contributed by atoms with E-state index in [-0.39, 0.29) is 5.91 Å². The number of carbonyl (C=O) groups is 1. The number of nitrogens with one attached hydrogen (secondary N) is 1.